The zero-order valence-corrected chi connectivity index (χ0v) is 50.4. The minimum atomic E-state index is -0.417. The van der Waals surface area contributed by atoms with E-state index in [1.807, 2.05) is 97.1 Å². The zero-order chi connectivity index (χ0) is 61.7. The second-order valence-corrected chi connectivity index (χ2v) is 21.1. The van der Waals surface area contributed by atoms with E-state index in [0.717, 1.165) is 67.9 Å². The molecular weight excluding hydrogens is 1070 g/mol. The molecule has 9 nitrogen and oxygen atoms in total. The summed E-state index contributed by atoms with van der Waals surface area (Å²) in [4.78, 5) is 41.1. The number of ether oxygens (including phenoxy) is 3. The van der Waals surface area contributed by atoms with Gasteiger partial charge in [-0.25, -0.2) is 14.4 Å². The maximum atomic E-state index is 11.7. The van der Waals surface area contributed by atoms with E-state index in [1.54, 1.807) is 13.8 Å². The van der Waals surface area contributed by atoms with Crippen LogP contribution in [0, 0.1) is 27.7 Å². The molecule has 10 aromatic carbocycles. The lowest BCUT2D eigenvalue weighted by Gasteiger charge is -2.26. The fourth-order valence-corrected chi connectivity index (χ4v) is 9.11. The quantitative estimate of drug-likeness (QED) is 0.0446. The third-order valence-corrected chi connectivity index (χ3v) is 14.0. The van der Waals surface area contributed by atoms with Gasteiger partial charge in [0.2, 0.25) is 0 Å². The number of nitrogens with zero attached hydrogens (tertiary/aromatic N) is 3. The van der Waals surface area contributed by atoms with Crippen LogP contribution in [0.2, 0.25) is 0 Å². The summed E-state index contributed by atoms with van der Waals surface area (Å²) in [5.74, 6) is -1.16. The third-order valence-electron chi connectivity index (χ3n) is 14.0. The molecule has 0 saturated heterocycles. The Kier molecular flexibility index (Phi) is 22.0. The number of carbonyl (C=O) groups excluding carboxylic acids is 3. The highest BCUT2D eigenvalue weighted by Crippen LogP contribution is 2.38. The van der Waals surface area contributed by atoms with Gasteiger partial charge in [0.05, 0.1) is 0 Å². The molecule has 0 N–H and O–H groups in total. The number of anilines is 9. The first-order valence-electron chi connectivity index (χ1n) is 28.7. The Morgan fingerprint density at radius 2 is 0.552 bits per heavy atom. The summed E-state index contributed by atoms with van der Waals surface area (Å²) in [5.41, 5.74) is 20.5. The summed E-state index contributed by atoms with van der Waals surface area (Å²) in [7, 11) is 0. The van der Waals surface area contributed by atoms with Gasteiger partial charge in [0, 0.05) is 68.4 Å². The molecule has 0 heterocycles. The maximum absolute atomic E-state index is 11.7. The summed E-state index contributed by atoms with van der Waals surface area (Å²) in [5, 5.41) is 0. The molecule has 0 radical (unpaired) electrons. The normalized spacial score (nSPS) is 10.4. The maximum Gasteiger partial charge on any atom is 0.333 e. The van der Waals surface area contributed by atoms with Gasteiger partial charge in [0.15, 0.2) is 0 Å². The van der Waals surface area contributed by atoms with Crippen LogP contribution in [0.5, 0.6) is 0 Å². The molecule has 0 aliphatic carbocycles. The fraction of sp³-hybridized carbons (Fsp3) is 0.115. The molecule has 436 valence electrons. The van der Waals surface area contributed by atoms with Gasteiger partial charge in [-0.15, -0.1) is 0 Å². The molecule has 10 rings (SSSR count). The van der Waals surface area contributed by atoms with Crippen LogP contribution in [0.15, 0.2) is 292 Å². The highest BCUT2D eigenvalue weighted by Gasteiger charge is 2.16. The summed E-state index contributed by atoms with van der Waals surface area (Å²) in [6.07, 6.45) is 1.17. The van der Waals surface area contributed by atoms with Crippen molar-refractivity contribution in [2.24, 2.45) is 0 Å². The van der Waals surface area contributed by atoms with E-state index < -0.39 is 5.97 Å². The van der Waals surface area contributed by atoms with Crippen molar-refractivity contribution in [3.8, 4) is 11.1 Å². The standard InChI is InChI=1S/C29H25NO2.C25H25NO2.C24H23NO2/c1-22(2)29(31)32-21-23-13-17-27(18-14-23)30(26-11-7-4-8-12-26)28-19-15-25(16-20-28)24-9-5-3-6-10-24;1-18(2)25(27)28-17-21-9-15-24(16-10-21)26(22-11-5-19(3)6-12-22)23-13-7-20(4)8-14-23;1-4-24(26)27-17-20-9-15-23(16-10-20)25(21-11-5-18(2)6-12-21)22-13-7-19(3)8-14-22/h3-20H,1,21H2,2H3;5-16H,1,17H2,2-4H3;4-16H,1,17H2,2-3H3. The van der Waals surface area contributed by atoms with Crippen molar-refractivity contribution in [2.75, 3.05) is 14.7 Å². The molecule has 0 atom stereocenters. The van der Waals surface area contributed by atoms with Crippen LogP contribution < -0.4 is 14.7 Å². The molecule has 0 saturated carbocycles. The van der Waals surface area contributed by atoms with Crippen LogP contribution in [0.3, 0.4) is 0 Å². The van der Waals surface area contributed by atoms with E-state index in [-0.39, 0.29) is 31.8 Å². The van der Waals surface area contributed by atoms with Crippen molar-refractivity contribution in [2.45, 2.75) is 61.4 Å². The number of aryl methyl sites for hydroxylation is 4. The molecule has 9 heteroatoms. The second-order valence-electron chi connectivity index (χ2n) is 21.1. The minimum absolute atomic E-state index is 0.225. The summed E-state index contributed by atoms with van der Waals surface area (Å²) >= 11 is 0. The average molecular weight is 1150 g/mol. The fourth-order valence-electron chi connectivity index (χ4n) is 9.11. The van der Waals surface area contributed by atoms with Crippen LogP contribution in [0.4, 0.5) is 51.2 Å². The zero-order valence-electron chi connectivity index (χ0n) is 50.4. The first-order chi connectivity index (χ1) is 42.1. The van der Waals surface area contributed by atoms with Crippen LogP contribution in [-0.2, 0) is 48.4 Å². The number of carbonyl (C=O) groups is 3. The van der Waals surface area contributed by atoms with Crippen molar-refractivity contribution in [1.29, 1.82) is 0 Å². The predicted octanol–water partition coefficient (Wildman–Crippen LogP) is 19.8. The highest BCUT2D eigenvalue weighted by molar-refractivity contribution is 5.88. The highest BCUT2D eigenvalue weighted by atomic mass is 16.5. The number of para-hydroxylation sites is 1. The van der Waals surface area contributed by atoms with Crippen molar-refractivity contribution >= 4 is 69.1 Å². The Morgan fingerprint density at radius 3 is 0.828 bits per heavy atom. The van der Waals surface area contributed by atoms with E-state index in [0.29, 0.717) is 11.1 Å². The minimum Gasteiger partial charge on any atom is -0.458 e. The molecule has 0 aliphatic rings. The lowest BCUT2D eigenvalue weighted by atomic mass is 10.0. The summed E-state index contributed by atoms with van der Waals surface area (Å²) in [6.45, 7) is 23.0. The molecule has 0 amide bonds. The number of hydrogen-bond acceptors (Lipinski definition) is 9. The predicted molar refractivity (Wildman–Crippen MR) is 357 cm³/mol. The van der Waals surface area contributed by atoms with Gasteiger partial charge in [-0.05, 0) is 179 Å². The molecule has 0 fully saturated rings. The third kappa shape index (κ3) is 17.9. The van der Waals surface area contributed by atoms with Crippen LogP contribution in [0.1, 0.15) is 52.8 Å². The Bertz CT molecular complexity index is 3770. The van der Waals surface area contributed by atoms with Gasteiger partial charge in [-0.2, -0.15) is 0 Å². The SMILES string of the molecule is C=C(C)C(=O)OCc1ccc(N(c2ccc(C)cc2)c2ccc(C)cc2)cc1.C=C(C)C(=O)OCc1ccc(N(c2ccccc2)c2ccc(-c3ccccc3)cc2)cc1.C=CC(=O)OCc1ccc(N(c2ccc(C)cc2)c2ccc(C)cc2)cc1. The van der Waals surface area contributed by atoms with E-state index in [4.69, 9.17) is 14.2 Å². The number of esters is 3. The van der Waals surface area contributed by atoms with Gasteiger partial charge in [-0.3, -0.25) is 0 Å². The van der Waals surface area contributed by atoms with Gasteiger partial charge < -0.3 is 28.9 Å². The second kappa shape index (κ2) is 30.7. The van der Waals surface area contributed by atoms with Crippen LogP contribution >= 0.6 is 0 Å². The molecule has 87 heavy (non-hydrogen) atoms. The lowest BCUT2D eigenvalue weighted by molar-refractivity contribution is -0.141. The summed E-state index contributed by atoms with van der Waals surface area (Å²) < 4.78 is 15.6. The number of rotatable bonds is 19. The van der Waals surface area contributed by atoms with Crippen molar-refractivity contribution < 1.29 is 28.6 Å². The van der Waals surface area contributed by atoms with Gasteiger partial charge in [-0.1, -0.05) is 188 Å². The van der Waals surface area contributed by atoms with Crippen molar-refractivity contribution in [1.82, 2.24) is 0 Å². The topological polar surface area (TPSA) is 88.6 Å². The molecule has 0 aromatic heterocycles. The van der Waals surface area contributed by atoms with Gasteiger partial charge >= 0.3 is 17.9 Å². The Hall–Kier alpha value is -10.8. The number of benzene rings is 10. The molecule has 0 aliphatic heterocycles. The average Bonchev–Trinajstić information content (AvgIpc) is 3.22. The van der Waals surface area contributed by atoms with Gasteiger partial charge in [0.25, 0.3) is 0 Å². The van der Waals surface area contributed by atoms with Gasteiger partial charge in [0.1, 0.15) is 19.8 Å². The van der Waals surface area contributed by atoms with E-state index >= 15 is 0 Å². The van der Waals surface area contributed by atoms with Crippen molar-refractivity contribution in [3.63, 3.8) is 0 Å². The smallest absolute Gasteiger partial charge is 0.333 e. The van der Waals surface area contributed by atoms with E-state index in [1.165, 1.54) is 39.5 Å². The Labute approximate surface area is 513 Å². The van der Waals surface area contributed by atoms with Crippen molar-refractivity contribution in [3.05, 3.63) is 331 Å². The number of hydrogen-bond donors (Lipinski definition) is 0. The van der Waals surface area contributed by atoms with E-state index in [9.17, 15) is 14.4 Å². The monoisotopic (exact) mass is 1150 g/mol. The Balaban J connectivity index is 0.000000170. The van der Waals surface area contributed by atoms with Crippen LogP contribution in [0.25, 0.3) is 11.1 Å². The summed E-state index contributed by atoms with van der Waals surface area (Å²) in [6, 6.07) is 87.2. The molecular formula is C78H73N3O6. The largest absolute Gasteiger partial charge is 0.458 e. The Morgan fingerprint density at radius 1 is 0.322 bits per heavy atom. The molecule has 0 spiro atoms. The van der Waals surface area contributed by atoms with E-state index in [2.05, 4.69) is 220 Å². The molecule has 0 bridgehead atoms. The molecule has 0 unspecified atom stereocenters. The molecule has 10 aromatic rings. The first-order valence-corrected chi connectivity index (χ1v) is 28.7. The first kappa shape index (κ1) is 62.3. The lowest BCUT2D eigenvalue weighted by Crippen LogP contribution is -2.10. The van der Waals surface area contributed by atoms with Crippen LogP contribution in [-0.4, -0.2) is 17.9 Å².